The molecular weight excluding hydrogens is 366 g/mol. The second-order valence-corrected chi connectivity index (χ2v) is 7.12. The number of benzene rings is 1. The molecule has 0 aliphatic rings. The molecule has 27 heavy (non-hydrogen) atoms. The van der Waals surface area contributed by atoms with Crippen molar-refractivity contribution in [1.29, 1.82) is 0 Å². The van der Waals surface area contributed by atoms with E-state index in [-0.39, 0.29) is 11.5 Å². The van der Waals surface area contributed by atoms with Gasteiger partial charge in [-0.15, -0.1) is 11.3 Å². The van der Waals surface area contributed by atoms with E-state index in [1.54, 1.807) is 33.0 Å². The van der Waals surface area contributed by atoms with E-state index in [1.165, 1.54) is 22.2 Å². The number of methoxy groups -OCH3 is 1. The Morgan fingerprint density at radius 3 is 2.70 bits per heavy atom. The van der Waals surface area contributed by atoms with Gasteiger partial charge >= 0.3 is 0 Å². The first kappa shape index (κ1) is 18.9. The van der Waals surface area contributed by atoms with Gasteiger partial charge in [0.1, 0.15) is 11.4 Å². The second kappa shape index (κ2) is 7.79. The molecule has 0 aliphatic carbocycles. The third-order valence-corrected chi connectivity index (χ3v) is 5.49. The summed E-state index contributed by atoms with van der Waals surface area (Å²) in [5, 5.41) is 0.507. The Kier molecular flexibility index (Phi) is 5.46. The summed E-state index contributed by atoms with van der Waals surface area (Å²) in [5.74, 6) is 1.13. The molecule has 1 amide bonds. The van der Waals surface area contributed by atoms with Crippen LogP contribution < -0.4 is 15.0 Å². The number of fused-ring (bicyclic) bond motifs is 1. The smallest absolute Gasteiger partial charge is 0.264 e. The fourth-order valence-electron chi connectivity index (χ4n) is 2.72. The molecule has 0 spiro atoms. The number of rotatable bonds is 6. The molecule has 0 saturated heterocycles. The molecule has 0 atom stereocenters. The number of thiophene rings is 1. The summed E-state index contributed by atoms with van der Waals surface area (Å²) < 4.78 is 12.4. The maximum Gasteiger partial charge on any atom is 0.264 e. The minimum atomic E-state index is -0.152. The standard InChI is InChI=1S/C19H21N3O4S/c1-12-15-17(20-11-22(3)18(15)23)27-16(12)19(24)21(2)9-10-26-14-8-6-5-7-13(14)25-4/h5-8,11H,9-10H2,1-4H3. The second-order valence-electron chi connectivity index (χ2n) is 6.12. The molecule has 0 N–H and O–H groups in total. The van der Waals surface area contributed by atoms with Gasteiger partial charge in [0, 0.05) is 14.1 Å². The van der Waals surface area contributed by atoms with Crippen molar-refractivity contribution < 1.29 is 14.3 Å². The van der Waals surface area contributed by atoms with Crippen LogP contribution in [0.25, 0.3) is 10.2 Å². The summed E-state index contributed by atoms with van der Waals surface area (Å²) in [6.45, 7) is 2.51. The highest BCUT2D eigenvalue weighted by Crippen LogP contribution is 2.28. The van der Waals surface area contributed by atoms with Crippen molar-refractivity contribution in [1.82, 2.24) is 14.5 Å². The van der Waals surface area contributed by atoms with Crippen LogP contribution in [0.3, 0.4) is 0 Å². The molecule has 0 radical (unpaired) electrons. The molecule has 3 rings (SSSR count). The van der Waals surface area contributed by atoms with Gasteiger partial charge in [-0.2, -0.15) is 0 Å². The van der Waals surface area contributed by atoms with Crippen LogP contribution in [0.2, 0.25) is 0 Å². The molecule has 0 aliphatic heterocycles. The zero-order valence-corrected chi connectivity index (χ0v) is 16.5. The lowest BCUT2D eigenvalue weighted by Crippen LogP contribution is -2.30. The van der Waals surface area contributed by atoms with Gasteiger partial charge in [0.2, 0.25) is 0 Å². The summed E-state index contributed by atoms with van der Waals surface area (Å²) in [6.07, 6.45) is 1.47. The molecule has 1 aromatic carbocycles. The molecule has 8 heteroatoms. The van der Waals surface area contributed by atoms with Crippen LogP contribution in [0.4, 0.5) is 0 Å². The van der Waals surface area contributed by atoms with Gasteiger partial charge in [-0.25, -0.2) is 4.98 Å². The van der Waals surface area contributed by atoms with Crippen LogP contribution in [0.5, 0.6) is 11.5 Å². The van der Waals surface area contributed by atoms with Crippen LogP contribution in [-0.2, 0) is 7.05 Å². The summed E-state index contributed by atoms with van der Waals surface area (Å²) >= 11 is 1.24. The summed E-state index contributed by atoms with van der Waals surface area (Å²) in [4.78, 5) is 32.1. The number of amides is 1. The SMILES string of the molecule is COc1ccccc1OCCN(C)C(=O)c1sc2ncn(C)c(=O)c2c1C. The molecule has 142 valence electrons. The Hall–Kier alpha value is -2.87. The Bertz CT molecular complexity index is 1040. The number of hydrogen-bond donors (Lipinski definition) is 0. The minimum absolute atomic E-state index is 0.144. The molecule has 0 fully saturated rings. The number of nitrogens with zero attached hydrogens (tertiary/aromatic N) is 3. The van der Waals surface area contributed by atoms with E-state index in [2.05, 4.69) is 4.98 Å². The predicted molar refractivity (Wildman–Crippen MR) is 105 cm³/mol. The van der Waals surface area contributed by atoms with Gasteiger partial charge in [-0.05, 0) is 24.6 Å². The molecule has 0 bridgehead atoms. The minimum Gasteiger partial charge on any atom is -0.493 e. The Balaban J connectivity index is 1.72. The Morgan fingerprint density at radius 2 is 2.00 bits per heavy atom. The van der Waals surface area contributed by atoms with Crippen LogP contribution in [0, 0.1) is 6.92 Å². The number of carbonyl (C=O) groups is 1. The first-order chi connectivity index (χ1) is 12.9. The van der Waals surface area contributed by atoms with E-state index in [4.69, 9.17) is 9.47 Å². The number of para-hydroxylation sites is 2. The van der Waals surface area contributed by atoms with Crippen molar-refractivity contribution in [3.05, 3.63) is 51.4 Å². The Morgan fingerprint density at radius 1 is 1.30 bits per heavy atom. The first-order valence-electron chi connectivity index (χ1n) is 8.40. The zero-order valence-electron chi connectivity index (χ0n) is 15.7. The number of aryl methyl sites for hydroxylation is 2. The third-order valence-electron chi connectivity index (χ3n) is 4.30. The van der Waals surface area contributed by atoms with Gasteiger partial charge in [-0.1, -0.05) is 12.1 Å². The molecular formula is C19H21N3O4S. The highest BCUT2D eigenvalue weighted by atomic mass is 32.1. The van der Waals surface area contributed by atoms with Gasteiger partial charge in [0.25, 0.3) is 11.5 Å². The topological polar surface area (TPSA) is 73.7 Å². The van der Waals surface area contributed by atoms with E-state index >= 15 is 0 Å². The normalized spacial score (nSPS) is 10.8. The van der Waals surface area contributed by atoms with Crippen LogP contribution in [0.1, 0.15) is 15.2 Å². The highest BCUT2D eigenvalue weighted by molar-refractivity contribution is 7.20. The van der Waals surface area contributed by atoms with Crippen molar-refractivity contribution in [2.24, 2.45) is 7.05 Å². The van der Waals surface area contributed by atoms with Gasteiger partial charge < -0.3 is 18.9 Å². The lowest BCUT2D eigenvalue weighted by molar-refractivity contribution is 0.0777. The summed E-state index contributed by atoms with van der Waals surface area (Å²) in [7, 11) is 4.94. The number of aromatic nitrogens is 2. The molecule has 2 aromatic heterocycles. The number of likely N-dealkylation sites (N-methyl/N-ethyl adjacent to an activating group) is 1. The third kappa shape index (κ3) is 3.66. The lowest BCUT2D eigenvalue weighted by Gasteiger charge is -2.18. The van der Waals surface area contributed by atoms with Gasteiger partial charge in [-0.3, -0.25) is 9.59 Å². The van der Waals surface area contributed by atoms with Crippen molar-refractivity contribution in [3.63, 3.8) is 0 Å². The predicted octanol–water partition coefficient (Wildman–Crippen LogP) is 2.46. The maximum absolute atomic E-state index is 12.8. The van der Waals surface area contributed by atoms with Gasteiger partial charge in [0.15, 0.2) is 11.5 Å². The van der Waals surface area contributed by atoms with Crippen molar-refractivity contribution in [2.75, 3.05) is 27.3 Å². The van der Waals surface area contributed by atoms with E-state index < -0.39 is 0 Å². The van der Waals surface area contributed by atoms with Crippen molar-refractivity contribution in [3.8, 4) is 11.5 Å². The molecule has 0 saturated carbocycles. The van der Waals surface area contributed by atoms with Crippen molar-refractivity contribution >= 4 is 27.5 Å². The maximum atomic E-state index is 12.8. The van der Waals surface area contributed by atoms with Gasteiger partial charge in [0.05, 0.1) is 30.2 Å². The van der Waals surface area contributed by atoms with E-state index in [1.807, 2.05) is 24.3 Å². The lowest BCUT2D eigenvalue weighted by atomic mass is 10.2. The number of ether oxygens (including phenoxy) is 2. The van der Waals surface area contributed by atoms with E-state index in [9.17, 15) is 9.59 Å². The molecule has 3 aromatic rings. The van der Waals surface area contributed by atoms with Crippen LogP contribution in [-0.4, -0.2) is 47.7 Å². The number of hydrogen-bond acceptors (Lipinski definition) is 6. The van der Waals surface area contributed by atoms with Crippen LogP contribution in [0.15, 0.2) is 35.4 Å². The highest BCUT2D eigenvalue weighted by Gasteiger charge is 2.21. The first-order valence-corrected chi connectivity index (χ1v) is 9.21. The number of carbonyl (C=O) groups excluding carboxylic acids is 1. The summed E-state index contributed by atoms with van der Waals surface area (Å²) in [5.41, 5.74) is 0.529. The monoisotopic (exact) mass is 387 g/mol. The fraction of sp³-hybridized carbons (Fsp3) is 0.316. The fourth-order valence-corrected chi connectivity index (χ4v) is 3.85. The van der Waals surface area contributed by atoms with Crippen LogP contribution >= 0.6 is 11.3 Å². The summed E-state index contributed by atoms with van der Waals surface area (Å²) in [6, 6.07) is 7.36. The van der Waals surface area contributed by atoms with Crippen molar-refractivity contribution in [2.45, 2.75) is 6.92 Å². The molecule has 2 heterocycles. The quantitative estimate of drug-likeness (QED) is 0.650. The average Bonchev–Trinajstić information content (AvgIpc) is 3.01. The van der Waals surface area contributed by atoms with E-state index in [0.29, 0.717) is 45.3 Å². The zero-order chi connectivity index (χ0) is 19.6. The average molecular weight is 387 g/mol. The molecule has 0 unspecified atom stereocenters. The van der Waals surface area contributed by atoms with E-state index in [0.717, 1.165) is 0 Å². The molecule has 7 nitrogen and oxygen atoms in total. The Labute approximate surface area is 160 Å². The largest absolute Gasteiger partial charge is 0.493 e.